The van der Waals surface area contributed by atoms with Crippen molar-refractivity contribution in [3.8, 4) is 0 Å². The molecule has 1 heterocycles. The molecule has 0 spiro atoms. The summed E-state index contributed by atoms with van der Waals surface area (Å²) in [6.45, 7) is 1.57. The van der Waals surface area contributed by atoms with Gasteiger partial charge in [-0.2, -0.15) is 4.31 Å². The summed E-state index contributed by atoms with van der Waals surface area (Å²) in [5.41, 5.74) is 0. The standard InChI is InChI=1S/C17H21ClN2O3S/c18-15-6-8-16(9-7-15)24(22,23)20-12-10-19(11-13-20)17(21)14-4-2-1-3-5-14/h1-2,6-9,14H,3-5,10-13H2/t14-/m0/s1. The minimum absolute atomic E-state index is 0.0504. The number of halogens is 1. The molecule has 1 atom stereocenters. The van der Waals surface area contributed by atoms with Crippen LogP contribution in [0.3, 0.4) is 0 Å². The van der Waals surface area contributed by atoms with Crippen molar-refractivity contribution in [3.63, 3.8) is 0 Å². The van der Waals surface area contributed by atoms with Gasteiger partial charge in [0.15, 0.2) is 0 Å². The van der Waals surface area contributed by atoms with Gasteiger partial charge in [0, 0.05) is 37.1 Å². The van der Waals surface area contributed by atoms with Crippen molar-refractivity contribution in [1.82, 2.24) is 9.21 Å². The van der Waals surface area contributed by atoms with Crippen molar-refractivity contribution in [2.75, 3.05) is 26.2 Å². The Morgan fingerprint density at radius 3 is 2.29 bits per heavy atom. The van der Waals surface area contributed by atoms with Crippen LogP contribution in [0.5, 0.6) is 0 Å². The molecule has 1 saturated heterocycles. The lowest BCUT2D eigenvalue weighted by atomic mass is 9.93. The highest BCUT2D eigenvalue weighted by atomic mass is 35.5. The van der Waals surface area contributed by atoms with E-state index < -0.39 is 10.0 Å². The summed E-state index contributed by atoms with van der Waals surface area (Å²) in [4.78, 5) is 14.6. The molecule has 1 amide bonds. The fraction of sp³-hybridized carbons (Fsp3) is 0.471. The highest BCUT2D eigenvalue weighted by molar-refractivity contribution is 7.89. The Bertz CT molecular complexity index is 723. The first-order chi connectivity index (χ1) is 11.5. The molecule has 0 radical (unpaired) electrons. The number of sulfonamides is 1. The summed E-state index contributed by atoms with van der Waals surface area (Å²) in [6.07, 6.45) is 6.80. The van der Waals surface area contributed by atoms with Crippen molar-refractivity contribution >= 4 is 27.5 Å². The van der Waals surface area contributed by atoms with Crippen LogP contribution in [-0.2, 0) is 14.8 Å². The zero-order valence-corrected chi connectivity index (χ0v) is 15.0. The van der Waals surface area contributed by atoms with Crippen LogP contribution < -0.4 is 0 Å². The lowest BCUT2D eigenvalue weighted by molar-refractivity contribution is -0.137. The van der Waals surface area contributed by atoms with E-state index in [2.05, 4.69) is 12.2 Å². The summed E-state index contributed by atoms with van der Waals surface area (Å²) >= 11 is 5.82. The molecule has 0 N–H and O–H groups in total. The lowest BCUT2D eigenvalue weighted by Crippen LogP contribution is -2.51. The van der Waals surface area contributed by atoms with E-state index in [-0.39, 0.29) is 16.7 Å². The number of amides is 1. The Balaban J connectivity index is 1.63. The first-order valence-corrected chi connectivity index (χ1v) is 10.00. The maximum absolute atomic E-state index is 12.6. The Morgan fingerprint density at radius 2 is 1.71 bits per heavy atom. The second-order valence-electron chi connectivity index (χ2n) is 6.16. The van der Waals surface area contributed by atoms with Crippen LogP contribution in [0.1, 0.15) is 19.3 Å². The smallest absolute Gasteiger partial charge is 0.243 e. The van der Waals surface area contributed by atoms with Gasteiger partial charge < -0.3 is 4.90 Å². The van der Waals surface area contributed by atoms with Crippen LogP contribution in [0, 0.1) is 5.92 Å². The number of piperazine rings is 1. The molecule has 130 valence electrons. The predicted molar refractivity (Wildman–Crippen MR) is 93.3 cm³/mol. The summed E-state index contributed by atoms with van der Waals surface area (Å²) in [5.74, 6) is 0.206. The van der Waals surface area contributed by atoms with Crippen molar-refractivity contribution in [2.24, 2.45) is 5.92 Å². The van der Waals surface area contributed by atoms with Crippen LogP contribution in [0.4, 0.5) is 0 Å². The van der Waals surface area contributed by atoms with E-state index in [1.807, 2.05) is 0 Å². The molecule has 7 heteroatoms. The molecule has 3 rings (SSSR count). The van der Waals surface area contributed by atoms with Crippen molar-refractivity contribution in [1.29, 1.82) is 0 Å². The number of benzene rings is 1. The normalized spacial score (nSPS) is 22.5. The van der Waals surface area contributed by atoms with Crippen molar-refractivity contribution in [2.45, 2.75) is 24.2 Å². The van der Waals surface area contributed by atoms with Crippen molar-refractivity contribution < 1.29 is 13.2 Å². The average Bonchev–Trinajstić information content (AvgIpc) is 2.62. The molecule has 1 aromatic carbocycles. The number of nitrogens with zero attached hydrogens (tertiary/aromatic N) is 2. The molecular formula is C17H21ClN2O3S. The SMILES string of the molecule is O=C([C@H]1CC=CCC1)N1CCN(S(=O)(=O)c2ccc(Cl)cc2)CC1. The van der Waals surface area contributed by atoms with E-state index in [1.165, 1.54) is 16.4 Å². The molecule has 5 nitrogen and oxygen atoms in total. The van der Waals surface area contributed by atoms with E-state index >= 15 is 0 Å². The Morgan fingerprint density at radius 1 is 1.04 bits per heavy atom. The summed E-state index contributed by atoms with van der Waals surface area (Å²) < 4.78 is 26.7. The topological polar surface area (TPSA) is 57.7 Å². The van der Waals surface area contributed by atoms with Gasteiger partial charge in [0.25, 0.3) is 0 Å². The monoisotopic (exact) mass is 368 g/mol. The van der Waals surface area contributed by atoms with E-state index in [0.717, 1.165) is 19.3 Å². The molecule has 24 heavy (non-hydrogen) atoms. The number of hydrogen-bond acceptors (Lipinski definition) is 3. The molecule has 0 unspecified atom stereocenters. The number of rotatable bonds is 3. The van der Waals surface area contributed by atoms with Gasteiger partial charge >= 0.3 is 0 Å². The van der Waals surface area contributed by atoms with E-state index in [9.17, 15) is 13.2 Å². The van der Waals surface area contributed by atoms with Gasteiger partial charge in [-0.05, 0) is 43.5 Å². The summed E-state index contributed by atoms with van der Waals surface area (Å²) in [7, 11) is -3.53. The quantitative estimate of drug-likeness (QED) is 0.770. The Labute approximate surface area is 147 Å². The number of carbonyl (C=O) groups excluding carboxylic acids is 1. The van der Waals surface area contributed by atoms with Gasteiger partial charge in [0.05, 0.1) is 4.90 Å². The minimum Gasteiger partial charge on any atom is -0.340 e. The molecule has 1 fully saturated rings. The molecule has 0 aromatic heterocycles. The fourth-order valence-electron chi connectivity index (χ4n) is 3.18. The van der Waals surface area contributed by atoms with Gasteiger partial charge in [-0.25, -0.2) is 8.42 Å². The third kappa shape index (κ3) is 3.66. The number of carbonyl (C=O) groups is 1. The van der Waals surface area contributed by atoms with Gasteiger partial charge in [-0.3, -0.25) is 4.79 Å². The second-order valence-corrected chi connectivity index (χ2v) is 8.54. The number of allylic oxidation sites excluding steroid dienone is 2. The molecular weight excluding hydrogens is 348 g/mol. The van der Waals surface area contributed by atoms with E-state index in [4.69, 9.17) is 11.6 Å². The first-order valence-electron chi connectivity index (χ1n) is 8.18. The largest absolute Gasteiger partial charge is 0.340 e. The second kappa shape index (κ2) is 7.25. The molecule has 0 saturated carbocycles. The van der Waals surface area contributed by atoms with E-state index in [0.29, 0.717) is 31.2 Å². The number of hydrogen-bond donors (Lipinski definition) is 0. The van der Waals surface area contributed by atoms with Crippen LogP contribution in [-0.4, -0.2) is 49.7 Å². The highest BCUT2D eigenvalue weighted by Crippen LogP contribution is 2.23. The first kappa shape index (κ1) is 17.5. The molecule has 1 aromatic rings. The Hall–Kier alpha value is -1.37. The van der Waals surface area contributed by atoms with Crippen molar-refractivity contribution in [3.05, 3.63) is 41.4 Å². The minimum atomic E-state index is -3.53. The fourth-order valence-corrected chi connectivity index (χ4v) is 4.73. The maximum Gasteiger partial charge on any atom is 0.243 e. The third-order valence-electron chi connectivity index (χ3n) is 4.62. The average molecular weight is 369 g/mol. The predicted octanol–water partition coefficient (Wildman–Crippen LogP) is 2.53. The van der Waals surface area contributed by atoms with Crippen LogP contribution in [0.15, 0.2) is 41.3 Å². The van der Waals surface area contributed by atoms with Gasteiger partial charge in [0.2, 0.25) is 15.9 Å². The summed E-state index contributed by atoms with van der Waals surface area (Å²) in [6, 6.07) is 6.18. The zero-order chi connectivity index (χ0) is 17.2. The van der Waals surface area contributed by atoms with E-state index in [1.54, 1.807) is 17.0 Å². The zero-order valence-electron chi connectivity index (χ0n) is 13.4. The molecule has 0 bridgehead atoms. The third-order valence-corrected chi connectivity index (χ3v) is 6.78. The molecule has 2 aliphatic rings. The molecule has 1 aliphatic heterocycles. The van der Waals surface area contributed by atoms with Gasteiger partial charge in [-0.15, -0.1) is 0 Å². The van der Waals surface area contributed by atoms with Crippen LogP contribution >= 0.6 is 11.6 Å². The van der Waals surface area contributed by atoms with Crippen LogP contribution in [0.25, 0.3) is 0 Å². The van der Waals surface area contributed by atoms with Gasteiger partial charge in [0.1, 0.15) is 0 Å². The van der Waals surface area contributed by atoms with Gasteiger partial charge in [-0.1, -0.05) is 23.8 Å². The lowest BCUT2D eigenvalue weighted by Gasteiger charge is -2.36. The Kier molecular flexibility index (Phi) is 5.27. The molecule has 1 aliphatic carbocycles. The maximum atomic E-state index is 12.6. The summed E-state index contributed by atoms with van der Waals surface area (Å²) in [5, 5.41) is 0.505. The highest BCUT2D eigenvalue weighted by Gasteiger charge is 2.32. The van der Waals surface area contributed by atoms with Crippen LogP contribution in [0.2, 0.25) is 5.02 Å².